The number of nitrogens with zero attached hydrogens (tertiary/aromatic N) is 3. The maximum Gasteiger partial charge on any atom is 0.343 e. The fourth-order valence-corrected chi connectivity index (χ4v) is 3.37. The maximum atomic E-state index is 12.2. The minimum Gasteiger partial charge on any atom is -0.462 e. The summed E-state index contributed by atoms with van der Waals surface area (Å²) in [4.78, 5) is 16.5. The van der Waals surface area contributed by atoms with E-state index in [9.17, 15) is 4.79 Å². The van der Waals surface area contributed by atoms with Crippen LogP contribution in [0.1, 0.15) is 34.5 Å². The largest absolute Gasteiger partial charge is 0.462 e. The number of nitrogens with one attached hydrogen (secondary N) is 1. The van der Waals surface area contributed by atoms with E-state index in [4.69, 9.17) is 16.3 Å². The van der Waals surface area contributed by atoms with Crippen molar-refractivity contribution in [3.63, 3.8) is 0 Å². The van der Waals surface area contributed by atoms with Gasteiger partial charge in [0.1, 0.15) is 16.5 Å². The van der Waals surface area contributed by atoms with Gasteiger partial charge in [0.25, 0.3) is 0 Å². The molecule has 29 heavy (non-hydrogen) atoms. The van der Waals surface area contributed by atoms with E-state index in [0.717, 1.165) is 11.1 Å². The van der Waals surface area contributed by atoms with Crippen molar-refractivity contribution in [1.82, 2.24) is 14.6 Å². The van der Waals surface area contributed by atoms with Crippen molar-refractivity contribution in [1.29, 1.82) is 0 Å². The smallest absolute Gasteiger partial charge is 0.343 e. The summed E-state index contributed by atoms with van der Waals surface area (Å²) in [6.07, 6.45) is 1.45. The molecule has 0 fully saturated rings. The molecular formula is C22H19ClN4O2. The number of esters is 1. The molecule has 0 unspecified atom stereocenters. The first-order valence-corrected chi connectivity index (χ1v) is 9.63. The van der Waals surface area contributed by atoms with Crippen molar-refractivity contribution in [2.45, 2.75) is 13.0 Å². The Hall–Kier alpha value is -3.38. The summed E-state index contributed by atoms with van der Waals surface area (Å²) in [5.41, 5.74) is 2.78. The first-order chi connectivity index (χ1) is 14.2. The molecule has 0 saturated carbocycles. The van der Waals surface area contributed by atoms with E-state index in [1.165, 1.54) is 6.20 Å². The number of carbonyl (C=O) groups excluding carboxylic acids is 1. The average molecular weight is 407 g/mol. The van der Waals surface area contributed by atoms with Crippen LogP contribution in [0.5, 0.6) is 0 Å². The molecule has 0 saturated heterocycles. The lowest BCUT2D eigenvalue weighted by Crippen LogP contribution is -2.15. The lowest BCUT2D eigenvalue weighted by molar-refractivity contribution is 0.0528. The number of benzene rings is 2. The molecule has 0 aliphatic heterocycles. The lowest BCUT2D eigenvalue weighted by Gasteiger charge is -2.21. The molecule has 1 N–H and O–H groups in total. The molecule has 0 atom stereocenters. The van der Waals surface area contributed by atoms with Crippen LogP contribution in [0.2, 0.25) is 5.15 Å². The van der Waals surface area contributed by atoms with Gasteiger partial charge in [0.15, 0.2) is 5.65 Å². The highest BCUT2D eigenvalue weighted by molar-refractivity contribution is 6.29. The Balaban J connectivity index is 1.80. The fourth-order valence-electron chi connectivity index (χ4n) is 3.19. The van der Waals surface area contributed by atoms with E-state index in [1.54, 1.807) is 17.5 Å². The highest BCUT2D eigenvalue weighted by Gasteiger charge is 2.20. The number of fused-ring (bicyclic) bond motifs is 1. The molecule has 2 heterocycles. The van der Waals surface area contributed by atoms with Crippen LogP contribution in [0, 0.1) is 0 Å². The minimum absolute atomic E-state index is 0.144. The fraction of sp³-hybridized carbons (Fsp3) is 0.136. The highest BCUT2D eigenvalue weighted by atomic mass is 35.5. The van der Waals surface area contributed by atoms with Crippen molar-refractivity contribution < 1.29 is 9.53 Å². The molecule has 2 aromatic carbocycles. The van der Waals surface area contributed by atoms with Crippen LogP contribution in [0.4, 0.5) is 5.82 Å². The van der Waals surface area contributed by atoms with Gasteiger partial charge in [-0.1, -0.05) is 72.3 Å². The molecule has 0 spiro atoms. The number of hydrogen-bond donors (Lipinski definition) is 1. The molecule has 0 radical (unpaired) electrons. The third kappa shape index (κ3) is 3.93. The molecule has 4 aromatic rings. The first kappa shape index (κ1) is 19.0. The van der Waals surface area contributed by atoms with Crippen LogP contribution in [0.15, 0.2) is 72.9 Å². The molecule has 0 bridgehead atoms. The summed E-state index contributed by atoms with van der Waals surface area (Å²) in [6, 6.07) is 21.7. The normalized spacial score (nSPS) is 11.0. The van der Waals surface area contributed by atoms with Gasteiger partial charge in [-0.15, -0.1) is 0 Å². The Morgan fingerprint density at radius 3 is 2.31 bits per heavy atom. The van der Waals surface area contributed by atoms with Gasteiger partial charge in [-0.25, -0.2) is 9.78 Å². The third-order valence-corrected chi connectivity index (χ3v) is 4.69. The number of anilines is 1. The lowest BCUT2D eigenvalue weighted by atomic mass is 9.99. The highest BCUT2D eigenvalue weighted by Crippen LogP contribution is 2.28. The molecule has 6 nitrogen and oxygen atoms in total. The van der Waals surface area contributed by atoms with E-state index < -0.39 is 5.97 Å². The van der Waals surface area contributed by atoms with Gasteiger partial charge in [-0.3, -0.25) is 0 Å². The predicted octanol–water partition coefficient (Wildman–Crippen LogP) is 4.76. The molecule has 0 amide bonds. The van der Waals surface area contributed by atoms with Crippen molar-refractivity contribution in [3.8, 4) is 0 Å². The van der Waals surface area contributed by atoms with Crippen molar-refractivity contribution >= 4 is 29.0 Å². The van der Waals surface area contributed by atoms with Crippen LogP contribution in [0.3, 0.4) is 0 Å². The zero-order valence-corrected chi connectivity index (χ0v) is 16.5. The molecule has 7 heteroatoms. The Kier molecular flexibility index (Phi) is 5.44. The molecule has 4 rings (SSSR count). The number of carbonyl (C=O) groups is 1. The second kappa shape index (κ2) is 8.32. The van der Waals surface area contributed by atoms with Gasteiger partial charge in [0.2, 0.25) is 0 Å². The van der Waals surface area contributed by atoms with E-state index in [2.05, 4.69) is 39.7 Å². The van der Waals surface area contributed by atoms with Crippen LogP contribution >= 0.6 is 11.6 Å². The van der Waals surface area contributed by atoms with Gasteiger partial charge >= 0.3 is 5.97 Å². The minimum atomic E-state index is -0.481. The topological polar surface area (TPSA) is 68.5 Å². The van der Waals surface area contributed by atoms with E-state index >= 15 is 0 Å². The molecule has 146 valence electrons. The van der Waals surface area contributed by atoms with Crippen molar-refractivity contribution in [3.05, 3.63) is 94.8 Å². The van der Waals surface area contributed by atoms with Gasteiger partial charge < -0.3 is 10.1 Å². The molecule has 0 aliphatic rings. The molecular weight excluding hydrogens is 388 g/mol. The Morgan fingerprint density at radius 2 is 1.72 bits per heavy atom. The first-order valence-electron chi connectivity index (χ1n) is 9.25. The Labute approximate surface area is 173 Å². The van der Waals surface area contributed by atoms with E-state index in [1.807, 2.05) is 36.4 Å². The zero-order valence-electron chi connectivity index (χ0n) is 15.7. The van der Waals surface area contributed by atoms with Crippen LogP contribution in [-0.4, -0.2) is 27.2 Å². The van der Waals surface area contributed by atoms with Crippen LogP contribution in [0.25, 0.3) is 5.65 Å². The summed E-state index contributed by atoms with van der Waals surface area (Å²) < 4.78 is 6.66. The number of aromatic nitrogens is 3. The maximum absolute atomic E-state index is 12.2. The summed E-state index contributed by atoms with van der Waals surface area (Å²) >= 11 is 6.27. The number of hydrogen-bond acceptors (Lipinski definition) is 5. The average Bonchev–Trinajstić information content (AvgIpc) is 3.17. The summed E-state index contributed by atoms with van der Waals surface area (Å²) in [7, 11) is 0. The predicted molar refractivity (Wildman–Crippen MR) is 112 cm³/mol. The van der Waals surface area contributed by atoms with Gasteiger partial charge in [0.05, 0.1) is 18.8 Å². The number of rotatable bonds is 6. The molecule has 0 aliphatic carbocycles. The standard InChI is InChI=1S/C22H19ClN4O2/c1-2-29-22(28)17-14-24-27-19(13-18(23)25-21(17)27)26-20(15-9-5-3-6-10-15)16-11-7-4-8-12-16/h3-14,20,26H,2H2,1H3. The number of halogens is 1. The molecule has 2 aromatic heterocycles. The zero-order chi connectivity index (χ0) is 20.2. The summed E-state index contributed by atoms with van der Waals surface area (Å²) in [5, 5.41) is 8.09. The van der Waals surface area contributed by atoms with E-state index in [-0.39, 0.29) is 23.4 Å². The quantitative estimate of drug-likeness (QED) is 0.369. The summed E-state index contributed by atoms with van der Waals surface area (Å²) in [6.45, 7) is 2.02. The second-order valence-corrected chi connectivity index (χ2v) is 6.76. The number of ether oxygens (including phenoxy) is 1. The van der Waals surface area contributed by atoms with Gasteiger partial charge in [0, 0.05) is 6.07 Å². The second-order valence-electron chi connectivity index (χ2n) is 6.38. The monoisotopic (exact) mass is 406 g/mol. The summed E-state index contributed by atoms with van der Waals surface area (Å²) in [5.74, 6) is 0.138. The Morgan fingerprint density at radius 1 is 1.10 bits per heavy atom. The third-order valence-electron chi connectivity index (χ3n) is 4.49. The van der Waals surface area contributed by atoms with Crippen molar-refractivity contribution in [2.24, 2.45) is 0 Å². The van der Waals surface area contributed by atoms with Crippen LogP contribution < -0.4 is 5.32 Å². The van der Waals surface area contributed by atoms with Gasteiger partial charge in [-0.05, 0) is 18.1 Å². The SMILES string of the molecule is CCOC(=O)c1cnn2c(NC(c3ccccc3)c3ccccc3)cc(Cl)nc12. The van der Waals surface area contributed by atoms with Crippen LogP contribution in [-0.2, 0) is 4.74 Å². The Bertz CT molecular complexity index is 1090. The van der Waals surface area contributed by atoms with Crippen molar-refractivity contribution in [2.75, 3.05) is 11.9 Å². The van der Waals surface area contributed by atoms with Gasteiger partial charge in [-0.2, -0.15) is 9.61 Å². The van der Waals surface area contributed by atoms with E-state index in [0.29, 0.717) is 11.5 Å².